The van der Waals surface area contributed by atoms with E-state index < -0.39 is 0 Å². The topological polar surface area (TPSA) is 87.5 Å². The van der Waals surface area contributed by atoms with Crippen LogP contribution >= 0.6 is 0 Å². The largest absolute Gasteiger partial charge is 0.353 e. The third-order valence-electron chi connectivity index (χ3n) is 5.81. The van der Waals surface area contributed by atoms with Crippen LogP contribution in [0.3, 0.4) is 0 Å². The van der Waals surface area contributed by atoms with Crippen molar-refractivity contribution in [3.05, 3.63) is 42.9 Å². The molecule has 154 valence electrons. The number of hydrogen-bond acceptors (Lipinski definition) is 6. The molecule has 0 saturated carbocycles. The summed E-state index contributed by atoms with van der Waals surface area (Å²) in [7, 11) is 1.97. The molecule has 8 nitrogen and oxygen atoms in total. The van der Waals surface area contributed by atoms with Crippen LogP contribution in [-0.4, -0.2) is 55.1 Å². The van der Waals surface area contributed by atoms with Gasteiger partial charge in [-0.1, -0.05) is 13.8 Å². The first kappa shape index (κ1) is 18.7. The van der Waals surface area contributed by atoms with Crippen LogP contribution in [0.1, 0.15) is 20.3 Å². The molecule has 0 aromatic carbocycles. The lowest BCUT2D eigenvalue weighted by atomic mass is 9.91. The van der Waals surface area contributed by atoms with E-state index in [9.17, 15) is 0 Å². The van der Waals surface area contributed by atoms with E-state index in [2.05, 4.69) is 36.6 Å². The summed E-state index contributed by atoms with van der Waals surface area (Å²) in [6.07, 6.45) is 6.67. The molecule has 2 N–H and O–H groups in total. The van der Waals surface area contributed by atoms with Crippen molar-refractivity contribution in [2.24, 2.45) is 7.05 Å². The Labute approximate surface area is 175 Å². The van der Waals surface area contributed by atoms with Gasteiger partial charge in [0.2, 0.25) is 0 Å². The smallest absolute Gasteiger partial charge is 0.130 e. The van der Waals surface area contributed by atoms with Crippen molar-refractivity contribution in [2.45, 2.75) is 32.4 Å². The number of pyridine rings is 2. The molecule has 30 heavy (non-hydrogen) atoms. The Morgan fingerprint density at radius 2 is 1.83 bits per heavy atom. The Morgan fingerprint density at radius 3 is 2.50 bits per heavy atom. The summed E-state index contributed by atoms with van der Waals surface area (Å²) in [5.74, 6) is 0.994. The molecule has 0 amide bonds. The van der Waals surface area contributed by atoms with Gasteiger partial charge < -0.3 is 10.2 Å². The van der Waals surface area contributed by atoms with Crippen molar-refractivity contribution in [2.75, 3.05) is 18.0 Å². The molecular weight excluding hydrogens is 376 g/mol. The van der Waals surface area contributed by atoms with Gasteiger partial charge in [0, 0.05) is 61.8 Å². The number of rotatable bonds is 3. The van der Waals surface area contributed by atoms with Crippen LogP contribution in [0.4, 0.5) is 5.82 Å². The number of aryl methyl sites for hydroxylation is 1. The van der Waals surface area contributed by atoms with E-state index in [-0.39, 0.29) is 0 Å². The lowest BCUT2D eigenvalue weighted by molar-refractivity contribution is 0.225. The van der Waals surface area contributed by atoms with Crippen LogP contribution < -0.4 is 10.2 Å². The predicted octanol–water partition coefficient (Wildman–Crippen LogP) is 3.00. The van der Waals surface area contributed by atoms with E-state index in [1.807, 2.05) is 56.2 Å². The van der Waals surface area contributed by atoms with Gasteiger partial charge >= 0.3 is 0 Å². The quantitative estimate of drug-likeness (QED) is 0.548. The van der Waals surface area contributed by atoms with E-state index in [4.69, 9.17) is 4.98 Å². The van der Waals surface area contributed by atoms with Gasteiger partial charge in [-0.25, -0.2) is 4.98 Å². The zero-order valence-corrected chi connectivity index (χ0v) is 17.5. The molecule has 8 heteroatoms. The van der Waals surface area contributed by atoms with Gasteiger partial charge in [0.1, 0.15) is 17.0 Å². The van der Waals surface area contributed by atoms with E-state index in [0.29, 0.717) is 12.1 Å². The molecule has 4 aromatic rings. The molecule has 3 aliphatic heterocycles. The highest BCUT2D eigenvalue weighted by atomic mass is 15.3. The molecule has 0 aliphatic carbocycles. The van der Waals surface area contributed by atoms with Gasteiger partial charge in [-0.2, -0.15) is 10.2 Å². The van der Waals surface area contributed by atoms with Gasteiger partial charge in [-0.05, 0) is 30.7 Å². The molecule has 3 aliphatic rings. The Kier molecular flexibility index (Phi) is 4.71. The zero-order chi connectivity index (χ0) is 20.7. The van der Waals surface area contributed by atoms with E-state index >= 15 is 0 Å². The number of piperidine rings is 1. The summed E-state index contributed by atoms with van der Waals surface area (Å²) >= 11 is 0. The molecule has 7 rings (SSSR count). The highest BCUT2D eigenvalue weighted by Gasteiger charge is 2.37. The van der Waals surface area contributed by atoms with Gasteiger partial charge in [0.15, 0.2) is 0 Å². The van der Waals surface area contributed by atoms with Crippen molar-refractivity contribution >= 4 is 16.7 Å². The molecule has 7 heterocycles. The van der Waals surface area contributed by atoms with Crippen molar-refractivity contribution in [1.29, 1.82) is 0 Å². The minimum atomic E-state index is 0.567. The van der Waals surface area contributed by atoms with Crippen LogP contribution in [0.5, 0.6) is 0 Å². The van der Waals surface area contributed by atoms with Crippen LogP contribution in [0.2, 0.25) is 0 Å². The monoisotopic (exact) mass is 402 g/mol. The minimum absolute atomic E-state index is 0.567. The first-order chi connectivity index (χ1) is 14.8. The van der Waals surface area contributed by atoms with Crippen molar-refractivity contribution in [3.63, 3.8) is 0 Å². The highest BCUT2D eigenvalue weighted by Crippen LogP contribution is 2.35. The molecule has 0 spiro atoms. The molecule has 2 atom stereocenters. The number of hydrogen-bond donors (Lipinski definition) is 2. The number of fused-ring (bicyclic) bond motifs is 3. The SMILES string of the molecule is CC.Cn1nccc1-c1cc(N2CC3CC(C2)N3)nc2c(-c3ccn[nH]3)nccc12. The van der Waals surface area contributed by atoms with E-state index in [1.165, 1.54) is 6.42 Å². The molecule has 2 unspecified atom stereocenters. The van der Waals surface area contributed by atoms with Crippen molar-refractivity contribution in [3.8, 4) is 22.6 Å². The number of piperazine rings is 1. The van der Waals surface area contributed by atoms with Crippen LogP contribution in [-0.2, 0) is 7.05 Å². The maximum atomic E-state index is 5.07. The molecule has 0 radical (unpaired) electrons. The minimum Gasteiger partial charge on any atom is -0.353 e. The highest BCUT2D eigenvalue weighted by molar-refractivity contribution is 6.01. The standard InChI is InChI=1S/C20H20N8.C2H6/c1-27-17(4-7-23-27)15-9-18(28-10-12-8-13(11-28)24-12)25-19-14(15)2-5-21-20(19)16-3-6-22-26-16;1-2/h2-7,9,12-13,24H,8,10-11H2,1H3,(H,22,26);1-2H3. The maximum Gasteiger partial charge on any atom is 0.130 e. The van der Waals surface area contributed by atoms with Crippen LogP contribution in [0, 0.1) is 0 Å². The van der Waals surface area contributed by atoms with Crippen molar-refractivity contribution in [1.82, 2.24) is 35.3 Å². The molecule has 4 aromatic heterocycles. The lowest BCUT2D eigenvalue weighted by Gasteiger charge is -2.48. The number of H-pyrrole nitrogens is 1. The number of anilines is 1. The van der Waals surface area contributed by atoms with Gasteiger partial charge in [-0.15, -0.1) is 0 Å². The summed E-state index contributed by atoms with van der Waals surface area (Å²) in [6.45, 7) is 5.97. The normalized spacial score (nSPS) is 19.9. The summed E-state index contributed by atoms with van der Waals surface area (Å²) in [4.78, 5) is 12.1. The summed E-state index contributed by atoms with van der Waals surface area (Å²) < 4.78 is 1.91. The Bertz CT molecular complexity index is 1150. The summed E-state index contributed by atoms with van der Waals surface area (Å²) in [6, 6.07) is 9.34. The second-order valence-corrected chi connectivity index (χ2v) is 7.60. The fourth-order valence-corrected chi connectivity index (χ4v) is 4.44. The fraction of sp³-hybridized carbons (Fsp3) is 0.364. The number of aromatic nitrogens is 6. The number of aromatic amines is 1. The third kappa shape index (κ3) is 3.04. The van der Waals surface area contributed by atoms with Gasteiger partial charge in [-0.3, -0.25) is 14.8 Å². The van der Waals surface area contributed by atoms with Crippen LogP contribution in [0.25, 0.3) is 33.5 Å². The third-order valence-corrected chi connectivity index (χ3v) is 5.81. The van der Waals surface area contributed by atoms with E-state index in [1.54, 1.807) is 6.20 Å². The van der Waals surface area contributed by atoms with Crippen molar-refractivity contribution < 1.29 is 0 Å². The Hall–Kier alpha value is -3.26. The predicted molar refractivity (Wildman–Crippen MR) is 118 cm³/mol. The molecule has 3 saturated heterocycles. The molecular formula is C22H26N8. The zero-order valence-electron chi connectivity index (χ0n) is 17.5. The summed E-state index contributed by atoms with van der Waals surface area (Å²) in [5, 5.41) is 16.2. The maximum absolute atomic E-state index is 5.07. The summed E-state index contributed by atoms with van der Waals surface area (Å²) in [5.41, 5.74) is 4.76. The van der Waals surface area contributed by atoms with Crippen LogP contribution in [0.15, 0.2) is 42.9 Å². The molecule has 2 bridgehead atoms. The Balaban J connectivity index is 0.000000937. The Morgan fingerprint density at radius 1 is 1.03 bits per heavy atom. The number of nitrogens with zero attached hydrogens (tertiary/aromatic N) is 6. The van der Waals surface area contributed by atoms with Gasteiger partial charge in [0.05, 0.1) is 11.4 Å². The second kappa shape index (κ2) is 7.53. The molecule has 3 fully saturated rings. The fourth-order valence-electron chi connectivity index (χ4n) is 4.44. The first-order valence-corrected chi connectivity index (χ1v) is 10.5. The van der Waals surface area contributed by atoms with E-state index in [0.717, 1.165) is 52.5 Å². The average Bonchev–Trinajstić information content (AvgIpc) is 3.45. The van der Waals surface area contributed by atoms with Gasteiger partial charge in [0.25, 0.3) is 0 Å². The second-order valence-electron chi connectivity index (χ2n) is 7.60. The lowest BCUT2D eigenvalue weighted by Crippen LogP contribution is -2.67. The number of nitrogens with one attached hydrogen (secondary N) is 2. The first-order valence-electron chi connectivity index (χ1n) is 10.5. The average molecular weight is 403 g/mol.